The number of Topliss-reactive ketones (excluding diaryl/α,β-unsaturated/α-hetero) is 4. The first-order valence-electron chi connectivity index (χ1n) is 30.2. The molecule has 0 saturated carbocycles. The third-order valence-corrected chi connectivity index (χ3v) is 14.3. The van der Waals surface area contributed by atoms with Gasteiger partial charge >= 0.3 is 11.9 Å². The van der Waals surface area contributed by atoms with Crippen LogP contribution in [0, 0.1) is 17.8 Å². The summed E-state index contributed by atoms with van der Waals surface area (Å²) >= 11 is 0. The summed E-state index contributed by atoms with van der Waals surface area (Å²) in [5.74, 6) is -12.0. The third-order valence-electron chi connectivity index (χ3n) is 14.3. The molecule has 0 bridgehead atoms. The predicted molar refractivity (Wildman–Crippen MR) is 322 cm³/mol. The first-order valence-corrected chi connectivity index (χ1v) is 30.2. The highest BCUT2D eigenvalue weighted by molar-refractivity contribution is 5.97. The fourth-order valence-electron chi connectivity index (χ4n) is 9.45. The topological polar surface area (TPSA) is 499 Å². The first-order chi connectivity index (χ1) is 39.9. The molecule has 0 radical (unpaired) electrons. The van der Waals surface area contributed by atoms with Crippen molar-refractivity contribution in [2.45, 2.75) is 231 Å². The van der Waals surface area contributed by atoms with E-state index in [4.69, 9.17) is 40.1 Å². The Morgan fingerprint density at radius 2 is 0.738 bits per heavy atom. The first kappa shape index (κ1) is 77.2. The van der Waals surface area contributed by atoms with E-state index in [0.717, 1.165) is 25.7 Å². The second-order valence-corrected chi connectivity index (χ2v) is 21.7. The molecule has 7 atom stereocenters. The Balaban J connectivity index is 6.71. The number of amides is 4. The Kier molecular flexibility index (Phi) is 43.7. The quantitative estimate of drug-likeness (QED) is 0.0234. The zero-order valence-corrected chi connectivity index (χ0v) is 50.1. The molecule has 0 aromatic carbocycles. The van der Waals surface area contributed by atoms with Crippen molar-refractivity contribution in [1.82, 2.24) is 21.3 Å². The van der Waals surface area contributed by atoms with E-state index in [1.165, 1.54) is 58.3 Å². The van der Waals surface area contributed by atoms with Crippen LogP contribution in [0.1, 0.15) is 206 Å². The molecule has 27 nitrogen and oxygen atoms in total. The van der Waals surface area contributed by atoms with Crippen LogP contribution in [-0.4, -0.2) is 149 Å². The number of aliphatic carboxylic acids is 2. The van der Waals surface area contributed by atoms with Gasteiger partial charge in [-0.3, -0.25) is 62.9 Å². The molecule has 27 heteroatoms. The van der Waals surface area contributed by atoms with Crippen LogP contribution in [0.2, 0.25) is 0 Å². The average molecular weight is 1190 g/mol. The smallest absolute Gasteiger partial charge is 0.303 e. The van der Waals surface area contributed by atoms with Gasteiger partial charge in [0.1, 0.15) is 6.04 Å². The zero-order chi connectivity index (χ0) is 63.2. The van der Waals surface area contributed by atoms with Crippen molar-refractivity contribution in [2.75, 3.05) is 32.8 Å². The van der Waals surface area contributed by atoms with Gasteiger partial charge in [0, 0.05) is 75.9 Å². The maximum atomic E-state index is 14.4. The fraction of sp³-hybridized carbons (Fsp3) is 0.772. The van der Waals surface area contributed by atoms with E-state index in [9.17, 15) is 63.3 Å². The van der Waals surface area contributed by atoms with Gasteiger partial charge in [0.25, 0.3) is 0 Å². The number of aliphatic hydroxyl groups is 1. The summed E-state index contributed by atoms with van der Waals surface area (Å²) in [6, 6.07) is -5.32. The highest BCUT2D eigenvalue weighted by Crippen LogP contribution is 2.22. The number of nitrogens with two attached hydrogens (primary N) is 7. The van der Waals surface area contributed by atoms with Crippen LogP contribution in [0.25, 0.3) is 0 Å². The van der Waals surface area contributed by atoms with Gasteiger partial charge in [-0.15, -0.1) is 0 Å². The van der Waals surface area contributed by atoms with Crippen molar-refractivity contribution in [3.05, 3.63) is 0 Å². The van der Waals surface area contributed by atoms with Crippen molar-refractivity contribution in [3.8, 4) is 0 Å². The Morgan fingerprint density at radius 1 is 0.405 bits per heavy atom. The van der Waals surface area contributed by atoms with Gasteiger partial charge in [-0.05, 0) is 84.1 Å². The minimum atomic E-state index is -1.51. The van der Waals surface area contributed by atoms with Crippen LogP contribution >= 0.6 is 0 Å². The molecule has 0 heterocycles. The molecule has 480 valence electrons. The number of carboxylic acid groups (broad SMARTS) is 2. The number of unbranched alkanes of at least 4 members (excludes halogenated alkanes) is 13. The van der Waals surface area contributed by atoms with E-state index in [2.05, 4.69) is 43.2 Å². The van der Waals surface area contributed by atoms with Crippen LogP contribution < -0.4 is 61.4 Å². The van der Waals surface area contributed by atoms with Crippen LogP contribution in [0.15, 0.2) is 15.0 Å². The number of hydrogen-bond acceptors (Lipinski definition) is 15. The van der Waals surface area contributed by atoms with Crippen molar-refractivity contribution in [2.24, 2.45) is 72.9 Å². The number of nitrogens with zero attached hydrogens (tertiary/aromatic N) is 3. The molecule has 0 spiro atoms. The molecule has 84 heavy (non-hydrogen) atoms. The van der Waals surface area contributed by atoms with Gasteiger partial charge in [-0.25, -0.2) is 0 Å². The van der Waals surface area contributed by atoms with Gasteiger partial charge in [0.2, 0.25) is 23.6 Å². The largest absolute Gasteiger partial charge is 0.481 e. The number of carbonyl (C=O) groups is 10. The lowest BCUT2D eigenvalue weighted by Crippen LogP contribution is -2.49. The zero-order valence-electron chi connectivity index (χ0n) is 50.1. The molecule has 0 aromatic heterocycles. The molecule has 4 amide bonds. The van der Waals surface area contributed by atoms with Crippen molar-refractivity contribution in [1.29, 1.82) is 0 Å². The Hall–Kier alpha value is -6.77. The van der Waals surface area contributed by atoms with Crippen LogP contribution in [-0.2, 0) is 47.9 Å². The standard InChI is InChI=1S/C57H104N14O13/c1-3-4-5-6-7-8-9-10-11-12-13-14-15-25-49(77)68-43(26-28-50(78)79)47(75)36-40(22-18-31-65-55(59)60)53(83)70-44(27-29-51(80)81)48(76)34-39(21-16-17-30-58)52(82)69-42(24-20-33-67-57(63)64)46(74)35-41(23-19-32-66-56(61)62)54(84)71-45(37-72)38(2)73/h39-45,72H,3-37,58H2,1-2H3,(H,68,77)(H,69,82)(H,70,83)(H,71,84)(H,78,79)(H,80,81)(H4,59,60,65)(H4,61,62,66)(H4,63,64,67)/t39-,40-,41-,42+,43+,44+,45+/m1/s1. The fourth-order valence-corrected chi connectivity index (χ4v) is 9.45. The summed E-state index contributed by atoms with van der Waals surface area (Å²) in [5.41, 5.74) is 38.8. The van der Waals surface area contributed by atoms with Crippen LogP contribution in [0.3, 0.4) is 0 Å². The van der Waals surface area contributed by atoms with Crippen LogP contribution in [0.4, 0.5) is 0 Å². The lowest BCUT2D eigenvalue weighted by atomic mass is 9.88. The minimum Gasteiger partial charge on any atom is -0.481 e. The number of aliphatic imine (C=N–C) groups is 3. The minimum absolute atomic E-state index is 0.0347. The van der Waals surface area contributed by atoms with E-state index in [1.54, 1.807) is 0 Å². The summed E-state index contributed by atoms with van der Waals surface area (Å²) in [7, 11) is 0. The lowest BCUT2D eigenvalue weighted by Gasteiger charge is -2.26. The molecular weight excluding hydrogens is 1090 g/mol. The molecule has 0 rings (SSSR count). The molecule has 0 aliphatic rings. The molecule has 21 N–H and O–H groups in total. The van der Waals surface area contributed by atoms with Crippen molar-refractivity contribution < 1.29 is 63.3 Å². The number of hydrogen-bond donors (Lipinski definition) is 14. The molecule has 0 fully saturated rings. The van der Waals surface area contributed by atoms with E-state index < -0.39 is 146 Å². The normalized spacial score (nSPS) is 13.5. The Bertz CT molecular complexity index is 2100. The van der Waals surface area contributed by atoms with E-state index in [-0.39, 0.29) is 102 Å². The second kappa shape index (κ2) is 47.6. The molecule has 0 saturated heterocycles. The molecule has 0 unspecified atom stereocenters. The van der Waals surface area contributed by atoms with E-state index in [0.29, 0.717) is 19.3 Å². The lowest BCUT2D eigenvalue weighted by molar-refractivity contribution is -0.139. The molecular formula is C57H104N14O13. The van der Waals surface area contributed by atoms with Gasteiger partial charge in [-0.1, -0.05) is 90.4 Å². The number of nitrogens with one attached hydrogen (secondary N) is 4. The SMILES string of the molecule is CCCCCCCCCCCCCCCC(=O)N[C@@H](CCC(=O)O)C(=O)C[C@@H](CCCN=C(N)N)C(=O)N[C@@H](CCC(=O)O)C(=O)C[C@@H](CCCCN)C(=O)N[C@@H](CCCN=C(N)N)C(=O)C[C@@H](CCCN=C(N)N)C(=O)N[C@@H](CO)C(C)=O. The Morgan fingerprint density at radius 3 is 1.08 bits per heavy atom. The van der Waals surface area contributed by atoms with E-state index >= 15 is 0 Å². The summed E-state index contributed by atoms with van der Waals surface area (Å²) < 4.78 is 0. The summed E-state index contributed by atoms with van der Waals surface area (Å²) in [6.45, 7) is 3.07. The highest BCUT2D eigenvalue weighted by atomic mass is 16.4. The number of ketones is 4. The number of carboxylic acids is 2. The maximum Gasteiger partial charge on any atom is 0.303 e. The molecule has 0 aliphatic heterocycles. The average Bonchev–Trinajstić information content (AvgIpc) is 3.45. The van der Waals surface area contributed by atoms with Crippen LogP contribution in [0.5, 0.6) is 0 Å². The third kappa shape index (κ3) is 39.7. The highest BCUT2D eigenvalue weighted by Gasteiger charge is 2.35. The van der Waals surface area contributed by atoms with Gasteiger partial charge in [-0.2, -0.15) is 0 Å². The number of rotatable bonds is 54. The summed E-state index contributed by atoms with van der Waals surface area (Å²) in [4.78, 5) is 146. The monoisotopic (exact) mass is 1190 g/mol. The van der Waals surface area contributed by atoms with Gasteiger partial charge < -0.3 is 76.7 Å². The summed E-state index contributed by atoms with van der Waals surface area (Å²) in [6.07, 6.45) is 12.5. The maximum absolute atomic E-state index is 14.4. The molecule has 0 aliphatic carbocycles. The number of carbonyl (C=O) groups excluding carboxylic acids is 8. The molecule has 0 aromatic rings. The number of aliphatic hydroxyl groups excluding tert-OH is 1. The van der Waals surface area contributed by atoms with Crippen molar-refractivity contribution in [3.63, 3.8) is 0 Å². The predicted octanol–water partition coefficient (Wildman–Crippen LogP) is 1.73. The number of guanidine groups is 3. The second-order valence-electron chi connectivity index (χ2n) is 21.7. The van der Waals surface area contributed by atoms with Gasteiger partial charge in [0.15, 0.2) is 41.0 Å². The Labute approximate surface area is 495 Å². The summed E-state index contributed by atoms with van der Waals surface area (Å²) in [5, 5.41) is 39.5. The van der Waals surface area contributed by atoms with Crippen molar-refractivity contribution >= 4 is 76.6 Å². The van der Waals surface area contributed by atoms with E-state index in [1.807, 2.05) is 0 Å². The van der Waals surface area contributed by atoms with Gasteiger partial charge in [0.05, 0.1) is 24.7 Å².